The van der Waals surface area contributed by atoms with E-state index in [-0.39, 0.29) is 23.8 Å². The number of carbonyl (C=O) groups excluding carboxylic acids is 1. The van der Waals surface area contributed by atoms with Gasteiger partial charge in [0.25, 0.3) is 0 Å². The Bertz CT molecular complexity index is 1280. The van der Waals surface area contributed by atoms with Gasteiger partial charge >= 0.3 is 0 Å². The van der Waals surface area contributed by atoms with Gasteiger partial charge in [0.2, 0.25) is 5.91 Å². The van der Waals surface area contributed by atoms with Crippen LogP contribution in [0, 0.1) is 23.7 Å². The third-order valence-electron chi connectivity index (χ3n) is 6.32. The molecule has 9 nitrogen and oxygen atoms in total. The zero-order valence-electron chi connectivity index (χ0n) is 19.1. The molecule has 0 saturated heterocycles. The van der Waals surface area contributed by atoms with Crippen LogP contribution >= 0.6 is 0 Å². The standard InChI is InChI=1S/C24H26FN7O2/c1-26-23-22-18(9-21(30-31-22)29-24(33)16-5-6-16)17(11-27-23)4-3-14-10-28-32(12-14)13-15-7-19(25)20(8-15)34-2/h9-12,15-16,19-20H,5-8,13H2,1-2H3,(H,26,27)(H,29,30,33)/t15?,19-,20-/m0/s1. The summed E-state index contributed by atoms with van der Waals surface area (Å²) in [5, 5.41) is 19.4. The molecule has 3 aromatic heterocycles. The molecule has 10 heteroatoms. The number of carbonyl (C=O) groups is 1. The molecule has 1 amide bonds. The van der Waals surface area contributed by atoms with Gasteiger partial charge in [-0.2, -0.15) is 5.10 Å². The number of hydrogen-bond acceptors (Lipinski definition) is 7. The van der Waals surface area contributed by atoms with Crippen LogP contribution in [0.3, 0.4) is 0 Å². The molecule has 2 aliphatic rings. The van der Waals surface area contributed by atoms with E-state index >= 15 is 0 Å². The molecular formula is C24H26FN7O2. The van der Waals surface area contributed by atoms with Crippen LogP contribution in [0.2, 0.25) is 0 Å². The van der Waals surface area contributed by atoms with Crippen LogP contribution in [0.15, 0.2) is 24.7 Å². The van der Waals surface area contributed by atoms with Gasteiger partial charge in [-0.3, -0.25) is 9.48 Å². The van der Waals surface area contributed by atoms with Crippen LogP contribution in [0.25, 0.3) is 10.9 Å². The molecule has 0 spiro atoms. The highest BCUT2D eigenvalue weighted by atomic mass is 19.1. The van der Waals surface area contributed by atoms with Gasteiger partial charge in [-0.15, -0.1) is 10.2 Å². The lowest BCUT2D eigenvalue weighted by Gasteiger charge is -2.09. The summed E-state index contributed by atoms with van der Waals surface area (Å²) < 4.78 is 21.0. The molecule has 2 saturated carbocycles. The molecule has 3 aromatic rings. The van der Waals surface area contributed by atoms with Gasteiger partial charge in [0.15, 0.2) is 11.6 Å². The summed E-state index contributed by atoms with van der Waals surface area (Å²) in [6, 6.07) is 1.78. The third kappa shape index (κ3) is 4.70. The molecule has 3 atom stereocenters. The smallest absolute Gasteiger partial charge is 0.228 e. The second-order valence-electron chi connectivity index (χ2n) is 8.85. The van der Waals surface area contributed by atoms with Gasteiger partial charge in [-0.05, 0) is 37.7 Å². The SMILES string of the molecule is CNc1ncc(C#Cc2cnn(CC3C[C@H](OC)[C@@H](F)C3)c2)c2cc(NC(=O)C3CC3)nnc12. The molecular weight excluding hydrogens is 437 g/mol. The molecule has 34 heavy (non-hydrogen) atoms. The first-order valence-electron chi connectivity index (χ1n) is 11.4. The molecule has 176 valence electrons. The van der Waals surface area contributed by atoms with Crippen molar-refractivity contribution in [1.29, 1.82) is 0 Å². The van der Waals surface area contributed by atoms with Crippen molar-refractivity contribution >= 4 is 28.4 Å². The lowest BCUT2D eigenvalue weighted by molar-refractivity contribution is -0.117. The third-order valence-corrected chi connectivity index (χ3v) is 6.32. The summed E-state index contributed by atoms with van der Waals surface area (Å²) in [5.41, 5.74) is 1.98. The first-order chi connectivity index (χ1) is 16.5. The Morgan fingerprint density at radius 2 is 2.12 bits per heavy atom. The fraction of sp³-hybridized carbons (Fsp3) is 0.458. The van der Waals surface area contributed by atoms with E-state index in [0.717, 1.165) is 23.8 Å². The number of pyridine rings is 1. The predicted molar refractivity (Wildman–Crippen MR) is 125 cm³/mol. The fourth-order valence-corrected chi connectivity index (χ4v) is 4.32. The maximum Gasteiger partial charge on any atom is 0.228 e. The van der Waals surface area contributed by atoms with Crippen LogP contribution in [0.4, 0.5) is 16.0 Å². The minimum absolute atomic E-state index is 0.0326. The molecule has 0 bridgehead atoms. The molecule has 2 fully saturated rings. The number of aromatic nitrogens is 5. The number of anilines is 2. The monoisotopic (exact) mass is 463 g/mol. The highest BCUT2D eigenvalue weighted by molar-refractivity contribution is 5.97. The summed E-state index contributed by atoms with van der Waals surface area (Å²) >= 11 is 0. The van der Waals surface area contributed by atoms with Crippen LogP contribution in [-0.2, 0) is 16.1 Å². The van der Waals surface area contributed by atoms with E-state index in [0.29, 0.717) is 42.1 Å². The Kier molecular flexibility index (Phi) is 6.11. The number of fused-ring (bicyclic) bond motifs is 1. The van der Waals surface area contributed by atoms with Crippen molar-refractivity contribution in [3.05, 3.63) is 35.8 Å². The Morgan fingerprint density at radius 3 is 2.85 bits per heavy atom. The van der Waals surface area contributed by atoms with Crippen molar-refractivity contribution in [2.45, 2.75) is 44.5 Å². The molecule has 0 aliphatic heterocycles. The number of halogens is 1. The molecule has 0 aromatic carbocycles. The normalized spacial score (nSPS) is 21.8. The van der Waals surface area contributed by atoms with Gasteiger partial charge in [-0.25, -0.2) is 9.37 Å². The van der Waals surface area contributed by atoms with Crippen LogP contribution in [0.1, 0.15) is 36.8 Å². The molecule has 2 aliphatic carbocycles. The average Bonchev–Trinajstić information content (AvgIpc) is 3.51. The van der Waals surface area contributed by atoms with Crippen molar-refractivity contribution in [1.82, 2.24) is 25.0 Å². The number of methoxy groups -OCH3 is 1. The summed E-state index contributed by atoms with van der Waals surface area (Å²) in [5.74, 6) is 7.47. The summed E-state index contributed by atoms with van der Waals surface area (Å²) in [6.45, 7) is 0.628. The Morgan fingerprint density at radius 1 is 1.26 bits per heavy atom. The zero-order valence-corrected chi connectivity index (χ0v) is 19.1. The van der Waals surface area contributed by atoms with E-state index in [2.05, 4.69) is 42.8 Å². The van der Waals surface area contributed by atoms with Gasteiger partial charge < -0.3 is 15.4 Å². The van der Waals surface area contributed by atoms with Gasteiger partial charge in [-0.1, -0.05) is 11.8 Å². The zero-order chi connectivity index (χ0) is 23.7. The largest absolute Gasteiger partial charge is 0.378 e. The van der Waals surface area contributed by atoms with Crippen LogP contribution in [0.5, 0.6) is 0 Å². The van der Waals surface area contributed by atoms with E-state index in [1.165, 1.54) is 0 Å². The molecule has 5 rings (SSSR count). The van der Waals surface area contributed by atoms with Crippen LogP contribution < -0.4 is 10.6 Å². The summed E-state index contributed by atoms with van der Waals surface area (Å²) in [4.78, 5) is 16.5. The minimum Gasteiger partial charge on any atom is -0.378 e. The minimum atomic E-state index is -0.923. The number of rotatable bonds is 6. The first kappa shape index (κ1) is 22.2. The van der Waals surface area contributed by atoms with Crippen molar-refractivity contribution in [2.75, 3.05) is 24.8 Å². The Labute approximate surface area is 196 Å². The van der Waals surface area contributed by atoms with Crippen LogP contribution in [-0.4, -0.2) is 57.3 Å². The number of nitrogens with zero attached hydrogens (tertiary/aromatic N) is 5. The first-order valence-corrected chi connectivity index (χ1v) is 11.4. The van der Waals surface area contributed by atoms with Gasteiger partial charge in [0, 0.05) is 44.4 Å². The van der Waals surface area contributed by atoms with E-state index in [1.54, 1.807) is 37.3 Å². The van der Waals surface area contributed by atoms with E-state index in [9.17, 15) is 9.18 Å². The lowest BCUT2D eigenvalue weighted by Crippen LogP contribution is -2.16. The Hall–Kier alpha value is -3.58. The van der Waals surface area contributed by atoms with Gasteiger partial charge in [0.1, 0.15) is 11.7 Å². The number of amides is 1. The average molecular weight is 464 g/mol. The van der Waals surface area contributed by atoms with Crippen molar-refractivity contribution in [2.24, 2.45) is 11.8 Å². The number of ether oxygens (including phenoxy) is 1. The topological polar surface area (TPSA) is 107 Å². The fourth-order valence-electron chi connectivity index (χ4n) is 4.32. The van der Waals surface area contributed by atoms with E-state index in [1.807, 2.05) is 6.20 Å². The quantitative estimate of drug-likeness (QED) is 0.542. The predicted octanol–water partition coefficient (Wildman–Crippen LogP) is 2.77. The highest BCUT2D eigenvalue weighted by Crippen LogP contribution is 2.32. The van der Waals surface area contributed by atoms with E-state index in [4.69, 9.17) is 4.74 Å². The van der Waals surface area contributed by atoms with Crippen molar-refractivity contribution < 1.29 is 13.9 Å². The molecule has 1 unspecified atom stereocenters. The van der Waals surface area contributed by atoms with Gasteiger partial charge in [0.05, 0.1) is 23.4 Å². The molecule has 2 N–H and O–H groups in total. The molecule has 3 heterocycles. The maximum absolute atomic E-state index is 14.0. The second kappa shape index (κ2) is 9.35. The lowest BCUT2D eigenvalue weighted by atomic mass is 10.1. The Balaban J connectivity index is 1.37. The van der Waals surface area contributed by atoms with E-state index < -0.39 is 6.17 Å². The maximum atomic E-state index is 14.0. The molecule has 0 radical (unpaired) electrons. The number of alkyl halides is 1. The summed E-state index contributed by atoms with van der Waals surface area (Å²) in [7, 11) is 3.31. The number of nitrogens with one attached hydrogen (secondary N) is 2. The second-order valence-corrected chi connectivity index (χ2v) is 8.85. The summed E-state index contributed by atoms with van der Waals surface area (Å²) in [6.07, 6.45) is 6.96. The van der Waals surface area contributed by atoms with Crippen molar-refractivity contribution in [3.63, 3.8) is 0 Å². The van der Waals surface area contributed by atoms with Crippen molar-refractivity contribution in [3.8, 4) is 11.8 Å². The number of hydrogen-bond donors (Lipinski definition) is 2. The highest BCUT2D eigenvalue weighted by Gasteiger charge is 2.34.